The third kappa shape index (κ3) is 6.45. The summed E-state index contributed by atoms with van der Waals surface area (Å²) in [6.07, 6.45) is 2.46. The van der Waals surface area contributed by atoms with Crippen molar-refractivity contribution in [1.82, 2.24) is 9.55 Å². The molecule has 0 amide bonds. The van der Waals surface area contributed by atoms with Crippen molar-refractivity contribution >= 4 is 18.1 Å². The largest absolute Gasteiger partial charge is 0.509 e. The average Bonchev–Trinajstić information content (AvgIpc) is 3.21. The number of aliphatic hydroxyl groups excluding tert-OH is 1. The first-order chi connectivity index (χ1) is 17.5. The summed E-state index contributed by atoms with van der Waals surface area (Å²) in [6.45, 7) is -0.589. The fourth-order valence-corrected chi connectivity index (χ4v) is 4.93. The van der Waals surface area contributed by atoms with E-state index in [0.717, 1.165) is 55.9 Å². The van der Waals surface area contributed by atoms with E-state index in [9.17, 15) is 19.5 Å². The van der Waals surface area contributed by atoms with Crippen LogP contribution in [0.5, 0.6) is 0 Å². The van der Waals surface area contributed by atoms with Crippen LogP contribution in [0.4, 0.5) is 15.4 Å². The third-order valence-corrected chi connectivity index (χ3v) is 6.78. The minimum absolute atomic E-state index is 0.106. The molecule has 2 heterocycles. The maximum absolute atomic E-state index is 12.7. The van der Waals surface area contributed by atoms with E-state index in [-0.39, 0.29) is 18.0 Å². The van der Waals surface area contributed by atoms with Crippen LogP contribution in [0.3, 0.4) is 0 Å². The number of aromatic nitrogens is 2. The Morgan fingerprint density at radius 1 is 0.944 bits per heavy atom. The number of carbonyl (C=O) groups is 2. The van der Waals surface area contributed by atoms with Crippen LogP contribution in [0.25, 0.3) is 0 Å². The van der Waals surface area contributed by atoms with Crippen LogP contribution in [0.15, 0.2) is 17.1 Å². The summed E-state index contributed by atoms with van der Waals surface area (Å²) in [5, 5.41) is 18.9. The number of ether oxygens (including phenoxy) is 5. The van der Waals surface area contributed by atoms with Gasteiger partial charge in [-0.3, -0.25) is 15.3 Å². The number of hydrogen-bond acceptors (Lipinski definition) is 12. The Bertz CT molecular complexity index is 944. The van der Waals surface area contributed by atoms with Gasteiger partial charge in [0.1, 0.15) is 18.3 Å². The lowest BCUT2D eigenvalue weighted by atomic mass is 9.98. The normalized spacial score (nSPS) is 27.3. The molecule has 13 nitrogen and oxygen atoms in total. The van der Waals surface area contributed by atoms with Gasteiger partial charge in [0, 0.05) is 6.20 Å². The standard InChI is InChI=1S/C23H33N3O10/c27-13-16-18(35-22(29)32-14-7-3-1-4-8-14)19(36-23(30)33-15-9-5-2-6-10-15)20(34-16)26-12-11-17(25-31)24-21(26)28/h11-12,14-16,18-20,27,31H,1-10,13H2,(H,24,25,28). The SMILES string of the molecule is O=C(OC1CCCCC1)OC1C(CO)OC(n2ccc(NO)nc2=O)C1OC(=O)OC1CCCCC1. The summed E-state index contributed by atoms with van der Waals surface area (Å²) in [6, 6.07) is 1.29. The Morgan fingerprint density at radius 2 is 1.50 bits per heavy atom. The average molecular weight is 512 g/mol. The second kappa shape index (κ2) is 12.4. The van der Waals surface area contributed by atoms with Gasteiger partial charge in [-0.05, 0) is 57.4 Å². The van der Waals surface area contributed by atoms with Crippen LogP contribution in [0, 0.1) is 0 Å². The fraction of sp³-hybridized carbons (Fsp3) is 0.739. The molecule has 3 aliphatic rings. The first kappa shape index (κ1) is 26.2. The van der Waals surface area contributed by atoms with Crippen LogP contribution in [-0.2, 0) is 23.7 Å². The number of rotatable bonds is 7. The highest BCUT2D eigenvalue weighted by molar-refractivity contribution is 5.62. The molecule has 3 fully saturated rings. The molecule has 0 bridgehead atoms. The van der Waals surface area contributed by atoms with Crippen molar-refractivity contribution in [2.45, 2.75) is 101 Å². The molecule has 3 N–H and O–H groups in total. The molecule has 0 spiro atoms. The van der Waals surface area contributed by atoms with Crippen molar-refractivity contribution in [3.05, 3.63) is 22.7 Å². The summed E-state index contributed by atoms with van der Waals surface area (Å²) in [5.41, 5.74) is 0.934. The molecule has 4 unspecified atom stereocenters. The second-order valence-corrected chi connectivity index (χ2v) is 9.28. The van der Waals surface area contributed by atoms with Crippen LogP contribution in [0.1, 0.15) is 70.4 Å². The van der Waals surface area contributed by atoms with Crippen LogP contribution in [-0.4, -0.2) is 69.3 Å². The molecule has 13 heteroatoms. The zero-order valence-corrected chi connectivity index (χ0v) is 20.0. The van der Waals surface area contributed by atoms with Gasteiger partial charge in [0.2, 0.25) is 0 Å². The molecule has 1 aromatic rings. The first-order valence-electron chi connectivity index (χ1n) is 12.5. The number of nitrogens with zero attached hydrogens (tertiary/aromatic N) is 2. The predicted octanol–water partition coefficient (Wildman–Crippen LogP) is 2.64. The molecule has 0 aromatic carbocycles. The summed E-state index contributed by atoms with van der Waals surface area (Å²) in [4.78, 5) is 41.5. The zero-order chi connectivity index (χ0) is 25.5. The molecule has 1 aliphatic heterocycles. The Balaban J connectivity index is 1.53. The van der Waals surface area contributed by atoms with Crippen molar-refractivity contribution in [2.24, 2.45) is 0 Å². The lowest BCUT2D eigenvalue weighted by Gasteiger charge is -2.27. The molecular formula is C23H33N3O10. The van der Waals surface area contributed by atoms with E-state index in [2.05, 4.69) is 4.98 Å². The highest BCUT2D eigenvalue weighted by Gasteiger charge is 2.51. The van der Waals surface area contributed by atoms with Gasteiger partial charge in [0.05, 0.1) is 6.61 Å². The zero-order valence-electron chi connectivity index (χ0n) is 20.0. The monoisotopic (exact) mass is 511 g/mol. The van der Waals surface area contributed by atoms with Crippen molar-refractivity contribution in [2.75, 3.05) is 12.1 Å². The van der Waals surface area contributed by atoms with E-state index in [0.29, 0.717) is 12.8 Å². The molecule has 4 rings (SSSR count). The molecule has 1 aromatic heterocycles. The molecule has 1 saturated heterocycles. The van der Waals surface area contributed by atoms with Crippen LogP contribution < -0.4 is 11.2 Å². The highest BCUT2D eigenvalue weighted by Crippen LogP contribution is 2.34. The Morgan fingerprint density at radius 3 is 2.00 bits per heavy atom. The third-order valence-electron chi connectivity index (χ3n) is 6.78. The number of anilines is 1. The molecule has 200 valence electrons. The maximum Gasteiger partial charge on any atom is 0.509 e. The van der Waals surface area contributed by atoms with Gasteiger partial charge in [-0.15, -0.1) is 0 Å². The molecule has 0 radical (unpaired) electrons. The van der Waals surface area contributed by atoms with Crippen LogP contribution >= 0.6 is 0 Å². The predicted molar refractivity (Wildman–Crippen MR) is 121 cm³/mol. The minimum Gasteiger partial charge on any atom is -0.431 e. The highest BCUT2D eigenvalue weighted by atomic mass is 16.8. The summed E-state index contributed by atoms with van der Waals surface area (Å²) < 4.78 is 28.7. The quantitative estimate of drug-likeness (QED) is 0.362. The number of hydrogen-bond donors (Lipinski definition) is 3. The number of aliphatic hydroxyl groups is 1. The van der Waals surface area contributed by atoms with Gasteiger partial charge in [0.15, 0.2) is 24.3 Å². The van der Waals surface area contributed by atoms with Gasteiger partial charge in [0.25, 0.3) is 0 Å². The topological polar surface area (TPSA) is 168 Å². The van der Waals surface area contributed by atoms with Gasteiger partial charge < -0.3 is 28.8 Å². The van der Waals surface area contributed by atoms with Crippen molar-refractivity contribution in [3.8, 4) is 0 Å². The van der Waals surface area contributed by atoms with Crippen molar-refractivity contribution in [1.29, 1.82) is 0 Å². The summed E-state index contributed by atoms with van der Waals surface area (Å²) in [5.74, 6) is -0.106. The Labute approximate surface area is 207 Å². The van der Waals surface area contributed by atoms with E-state index < -0.39 is 49.1 Å². The lowest BCUT2D eigenvalue weighted by Crippen LogP contribution is -2.43. The van der Waals surface area contributed by atoms with Gasteiger partial charge in [-0.25, -0.2) is 14.4 Å². The van der Waals surface area contributed by atoms with E-state index in [4.69, 9.17) is 28.9 Å². The Hall–Kier alpha value is -2.90. The molecule has 36 heavy (non-hydrogen) atoms. The van der Waals surface area contributed by atoms with Gasteiger partial charge in [-0.2, -0.15) is 4.98 Å². The van der Waals surface area contributed by atoms with Crippen molar-refractivity contribution in [3.63, 3.8) is 0 Å². The molecule has 4 atom stereocenters. The molecular weight excluding hydrogens is 478 g/mol. The minimum atomic E-state index is -1.34. The second-order valence-electron chi connectivity index (χ2n) is 9.28. The van der Waals surface area contributed by atoms with E-state index in [1.807, 2.05) is 0 Å². The smallest absolute Gasteiger partial charge is 0.431 e. The fourth-order valence-electron chi connectivity index (χ4n) is 4.93. The maximum atomic E-state index is 12.7. The molecule has 2 aliphatic carbocycles. The van der Waals surface area contributed by atoms with Gasteiger partial charge >= 0.3 is 18.0 Å². The van der Waals surface area contributed by atoms with Gasteiger partial charge in [-0.1, -0.05) is 12.8 Å². The van der Waals surface area contributed by atoms with E-state index >= 15 is 0 Å². The Kier molecular flexibility index (Phi) is 8.99. The summed E-state index contributed by atoms with van der Waals surface area (Å²) >= 11 is 0. The molecule has 2 saturated carbocycles. The first-order valence-corrected chi connectivity index (χ1v) is 12.5. The van der Waals surface area contributed by atoms with E-state index in [1.54, 1.807) is 5.48 Å². The van der Waals surface area contributed by atoms with E-state index in [1.165, 1.54) is 12.3 Å². The van der Waals surface area contributed by atoms with Crippen LogP contribution in [0.2, 0.25) is 0 Å². The number of carbonyl (C=O) groups excluding carboxylic acids is 2. The number of nitrogens with one attached hydrogen (secondary N) is 1. The lowest BCUT2D eigenvalue weighted by molar-refractivity contribution is -0.0790. The summed E-state index contributed by atoms with van der Waals surface area (Å²) in [7, 11) is 0. The van der Waals surface area contributed by atoms with Crippen molar-refractivity contribution < 1.29 is 43.6 Å².